The van der Waals surface area contributed by atoms with Gasteiger partial charge in [-0.2, -0.15) is 13.2 Å². The van der Waals surface area contributed by atoms with Crippen molar-refractivity contribution in [3.8, 4) is 0 Å². The fourth-order valence-corrected chi connectivity index (χ4v) is 3.31. The van der Waals surface area contributed by atoms with Gasteiger partial charge in [-0.3, -0.25) is 0 Å². The Kier molecular flexibility index (Phi) is 5.84. The van der Waals surface area contributed by atoms with E-state index in [0.717, 1.165) is 0 Å². The largest absolute Gasteiger partial charge is 0.398 e. The molecule has 134 valence electrons. The van der Waals surface area contributed by atoms with Crippen LogP contribution < -0.4 is 10.2 Å². The maximum atomic E-state index is 14.2. The van der Waals surface area contributed by atoms with Gasteiger partial charge in [0.2, 0.25) is 0 Å². The highest BCUT2D eigenvalue weighted by molar-refractivity contribution is 7.99. The molecule has 0 atom stereocenters. The van der Waals surface area contributed by atoms with Gasteiger partial charge in [-0.25, -0.2) is 9.18 Å². The van der Waals surface area contributed by atoms with Crippen LogP contribution in [-0.2, 0) is 0 Å². The van der Waals surface area contributed by atoms with Crippen LogP contribution in [0.2, 0.25) is 0 Å². The molecule has 1 aliphatic rings. The molecule has 2 amide bonds. The van der Waals surface area contributed by atoms with Crippen LogP contribution in [0.1, 0.15) is 5.56 Å². The molecule has 2 rings (SSSR count). The molecule has 0 radical (unpaired) electrons. The maximum absolute atomic E-state index is 14.2. The van der Waals surface area contributed by atoms with Crippen molar-refractivity contribution in [3.05, 3.63) is 23.5 Å². The highest BCUT2D eigenvalue weighted by Gasteiger charge is 2.28. The van der Waals surface area contributed by atoms with Crippen LogP contribution in [0.3, 0.4) is 0 Å². The summed E-state index contributed by atoms with van der Waals surface area (Å²) in [6.45, 7) is 3.30. The Morgan fingerprint density at radius 3 is 2.42 bits per heavy atom. The Morgan fingerprint density at radius 2 is 1.88 bits per heavy atom. The zero-order valence-corrected chi connectivity index (χ0v) is 14.2. The highest BCUT2D eigenvalue weighted by atomic mass is 32.2. The summed E-state index contributed by atoms with van der Waals surface area (Å²) in [5.74, 6) is -1.47. The van der Waals surface area contributed by atoms with E-state index in [1.54, 1.807) is 23.8 Å². The van der Waals surface area contributed by atoms with Gasteiger partial charge in [0.1, 0.15) is 5.82 Å². The van der Waals surface area contributed by atoms with Gasteiger partial charge in [0, 0.05) is 38.1 Å². The van der Waals surface area contributed by atoms with Gasteiger partial charge in [0.15, 0.2) is 0 Å². The van der Waals surface area contributed by atoms with Crippen molar-refractivity contribution in [2.75, 3.05) is 43.9 Å². The molecule has 24 heavy (non-hydrogen) atoms. The van der Waals surface area contributed by atoms with E-state index in [1.165, 1.54) is 12.1 Å². The predicted octanol–water partition coefficient (Wildman–Crippen LogP) is 3.25. The number of anilines is 1. The first kappa shape index (κ1) is 18.7. The third-order valence-corrected chi connectivity index (χ3v) is 4.98. The summed E-state index contributed by atoms with van der Waals surface area (Å²) < 4.78 is 51.5. The van der Waals surface area contributed by atoms with Crippen LogP contribution in [-0.4, -0.2) is 56.1 Å². The van der Waals surface area contributed by atoms with E-state index in [2.05, 4.69) is 5.32 Å². The SMILES string of the molecule is CNC(=O)N1CCN(c2cc(SCC(F)(F)F)c(C)cc2F)CC1. The van der Waals surface area contributed by atoms with Crippen LogP contribution in [0.25, 0.3) is 0 Å². The lowest BCUT2D eigenvalue weighted by molar-refractivity contribution is -0.105. The Morgan fingerprint density at radius 1 is 1.25 bits per heavy atom. The number of aryl methyl sites for hydroxylation is 1. The molecule has 1 heterocycles. The van der Waals surface area contributed by atoms with Crippen molar-refractivity contribution in [1.29, 1.82) is 0 Å². The van der Waals surface area contributed by atoms with E-state index in [4.69, 9.17) is 0 Å². The van der Waals surface area contributed by atoms with E-state index in [1.807, 2.05) is 0 Å². The van der Waals surface area contributed by atoms with Gasteiger partial charge in [-0.1, -0.05) is 0 Å². The predicted molar refractivity (Wildman–Crippen MR) is 86.2 cm³/mol. The summed E-state index contributed by atoms with van der Waals surface area (Å²) in [6, 6.07) is 2.54. The lowest BCUT2D eigenvalue weighted by Gasteiger charge is -2.36. The van der Waals surface area contributed by atoms with Crippen molar-refractivity contribution in [2.24, 2.45) is 0 Å². The van der Waals surface area contributed by atoms with Crippen LogP contribution in [0.4, 0.5) is 28.0 Å². The summed E-state index contributed by atoms with van der Waals surface area (Å²) in [4.78, 5) is 15.4. The molecular weight excluding hydrogens is 346 g/mol. The van der Waals surface area contributed by atoms with Gasteiger partial charge in [-0.05, 0) is 24.6 Å². The first-order valence-corrected chi connectivity index (χ1v) is 8.41. The molecule has 1 N–H and O–H groups in total. The lowest BCUT2D eigenvalue weighted by atomic mass is 10.2. The molecule has 4 nitrogen and oxygen atoms in total. The highest BCUT2D eigenvalue weighted by Crippen LogP contribution is 2.34. The van der Waals surface area contributed by atoms with Crippen molar-refractivity contribution in [2.45, 2.75) is 18.0 Å². The van der Waals surface area contributed by atoms with Gasteiger partial charge >= 0.3 is 12.2 Å². The first-order valence-electron chi connectivity index (χ1n) is 7.42. The smallest absolute Gasteiger partial charge is 0.366 e. The van der Waals surface area contributed by atoms with Crippen molar-refractivity contribution in [3.63, 3.8) is 0 Å². The number of hydrogen-bond acceptors (Lipinski definition) is 3. The molecule has 1 saturated heterocycles. The zero-order chi connectivity index (χ0) is 17.9. The summed E-state index contributed by atoms with van der Waals surface area (Å²) in [5, 5.41) is 2.53. The number of carbonyl (C=O) groups excluding carboxylic acids is 1. The zero-order valence-electron chi connectivity index (χ0n) is 13.4. The quantitative estimate of drug-likeness (QED) is 0.660. The number of halogens is 4. The van der Waals surface area contributed by atoms with Crippen LogP contribution in [0.15, 0.2) is 17.0 Å². The molecule has 0 unspecified atom stereocenters. The van der Waals surface area contributed by atoms with E-state index in [9.17, 15) is 22.4 Å². The summed E-state index contributed by atoms with van der Waals surface area (Å²) in [7, 11) is 1.54. The topological polar surface area (TPSA) is 35.6 Å². The molecule has 0 bridgehead atoms. The number of hydrogen-bond donors (Lipinski definition) is 1. The normalized spacial score (nSPS) is 15.6. The molecule has 0 saturated carbocycles. The molecule has 0 spiro atoms. The van der Waals surface area contributed by atoms with Gasteiger partial charge < -0.3 is 15.1 Å². The van der Waals surface area contributed by atoms with Crippen molar-refractivity contribution < 1.29 is 22.4 Å². The summed E-state index contributed by atoms with van der Waals surface area (Å²) >= 11 is 0.657. The number of amides is 2. The third-order valence-electron chi connectivity index (χ3n) is 3.76. The third kappa shape index (κ3) is 4.68. The minimum atomic E-state index is -4.27. The molecule has 0 aliphatic carbocycles. The fourth-order valence-electron chi connectivity index (χ4n) is 2.51. The second-order valence-electron chi connectivity index (χ2n) is 5.50. The van der Waals surface area contributed by atoms with Gasteiger partial charge in [-0.15, -0.1) is 11.8 Å². The molecule has 9 heteroatoms. The maximum Gasteiger partial charge on any atom is 0.398 e. The minimum absolute atomic E-state index is 0.194. The Labute approximate surface area is 142 Å². The number of thioether (sulfide) groups is 1. The fraction of sp³-hybridized carbons (Fsp3) is 0.533. The molecule has 1 aromatic rings. The number of carbonyl (C=O) groups is 1. The van der Waals surface area contributed by atoms with Gasteiger partial charge in [0.25, 0.3) is 0 Å². The van der Waals surface area contributed by atoms with E-state index in [-0.39, 0.29) is 11.7 Å². The van der Waals surface area contributed by atoms with E-state index < -0.39 is 17.7 Å². The number of nitrogens with one attached hydrogen (secondary N) is 1. The van der Waals surface area contributed by atoms with E-state index in [0.29, 0.717) is 48.4 Å². The second-order valence-corrected chi connectivity index (χ2v) is 6.52. The summed E-state index contributed by atoms with van der Waals surface area (Å²) in [6.07, 6.45) is -4.27. The standard InChI is InChI=1S/C15H19F4N3OS/c1-10-7-11(16)12(8-13(10)24-9-15(17,18)19)21-3-5-22(6-4-21)14(23)20-2/h7-8H,3-6,9H2,1-2H3,(H,20,23). The Bertz CT molecular complexity index is 601. The minimum Gasteiger partial charge on any atom is -0.366 e. The Balaban J connectivity index is 2.11. The number of nitrogens with zero attached hydrogens (tertiary/aromatic N) is 2. The van der Waals surface area contributed by atoms with Crippen LogP contribution >= 0.6 is 11.8 Å². The number of benzene rings is 1. The van der Waals surface area contributed by atoms with Gasteiger partial charge in [0.05, 0.1) is 11.4 Å². The van der Waals surface area contributed by atoms with Crippen molar-refractivity contribution >= 4 is 23.5 Å². The molecular formula is C15H19F4N3OS. The average Bonchev–Trinajstić information content (AvgIpc) is 2.52. The molecule has 0 aromatic heterocycles. The van der Waals surface area contributed by atoms with E-state index >= 15 is 0 Å². The number of piperazine rings is 1. The average molecular weight is 365 g/mol. The Hall–Kier alpha value is -1.64. The molecule has 1 fully saturated rings. The summed E-state index contributed by atoms with van der Waals surface area (Å²) in [5.41, 5.74) is 0.760. The monoisotopic (exact) mass is 365 g/mol. The lowest BCUT2D eigenvalue weighted by Crippen LogP contribution is -2.51. The number of alkyl halides is 3. The number of urea groups is 1. The van der Waals surface area contributed by atoms with Crippen molar-refractivity contribution in [1.82, 2.24) is 10.2 Å². The number of rotatable bonds is 3. The second kappa shape index (κ2) is 7.50. The first-order chi connectivity index (χ1) is 11.2. The van der Waals surface area contributed by atoms with Crippen LogP contribution in [0, 0.1) is 12.7 Å². The van der Waals surface area contributed by atoms with Crippen LogP contribution in [0.5, 0.6) is 0 Å². The molecule has 1 aliphatic heterocycles. The molecule has 1 aromatic carbocycles.